The van der Waals surface area contributed by atoms with Crippen LogP contribution in [0, 0.1) is 5.41 Å². The quantitative estimate of drug-likeness (QED) is 0.728. The van der Waals surface area contributed by atoms with Crippen LogP contribution >= 0.6 is 0 Å². The van der Waals surface area contributed by atoms with Crippen molar-refractivity contribution < 1.29 is 17.9 Å². The van der Waals surface area contributed by atoms with E-state index in [9.17, 15) is 13.2 Å². The molecule has 0 unspecified atom stereocenters. The molecule has 1 aliphatic carbocycles. The minimum atomic E-state index is -3.40. The number of hydrogen-bond donors (Lipinski definition) is 1. The molecule has 106 valence electrons. The molecule has 1 rings (SSSR count). The molecule has 1 saturated carbocycles. The van der Waals surface area contributed by atoms with Crippen LogP contribution in [0.2, 0.25) is 0 Å². The number of nitrogens with two attached hydrogens (primary N) is 1. The lowest BCUT2D eigenvalue weighted by atomic mass is 10.1. The molecule has 0 aromatic carbocycles. The Balaban J connectivity index is 2.53. The van der Waals surface area contributed by atoms with E-state index < -0.39 is 27.2 Å². The lowest BCUT2D eigenvalue weighted by Gasteiger charge is -2.20. The zero-order chi connectivity index (χ0) is 14.0. The second kappa shape index (κ2) is 5.17. The summed E-state index contributed by atoms with van der Waals surface area (Å²) in [6.07, 6.45) is 2.48. The Kier molecular flexibility index (Phi) is 4.43. The standard InChI is InChI=1S/C12H23NO4S/c1-11(2,3)17-10(14)8-18(15,16)9-12(4-5-12)6-7-13/h4-9,13H2,1-3H3. The third kappa shape index (κ3) is 5.35. The second-order valence-electron chi connectivity index (χ2n) is 6.16. The van der Waals surface area contributed by atoms with Crippen molar-refractivity contribution in [1.29, 1.82) is 0 Å². The van der Waals surface area contributed by atoms with Gasteiger partial charge in [0, 0.05) is 0 Å². The number of esters is 1. The van der Waals surface area contributed by atoms with Gasteiger partial charge in [0.05, 0.1) is 5.75 Å². The van der Waals surface area contributed by atoms with Crippen LogP contribution in [0.3, 0.4) is 0 Å². The van der Waals surface area contributed by atoms with Crippen LogP contribution in [0.5, 0.6) is 0 Å². The molecule has 1 aliphatic rings. The maximum Gasteiger partial charge on any atom is 0.321 e. The first kappa shape index (κ1) is 15.4. The zero-order valence-electron chi connectivity index (χ0n) is 11.4. The molecule has 5 nitrogen and oxygen atoms in total. The lowest BCUT2D eigenvalue weighted by molar-refractivity contribution is -0.151. The first-order valence-corrected chi connectivity index (χ1v) is 8.02. The molecule has 18 heavy (non-hydrogen) atoms. The van der Waals surface area contributed by atoms with Gasteiger partial charge >= 0.3 is 5.97 Å². The number of carbonyl (C=O) groups excluding carboxylic acids is 1. The van der Waals surface area contributed by atoms with E-state index in [-0.39, 0.29) is 11.2 Å². The van der Waals surface area contributed by atoms with Crippen molar-refractivity contribution in [1.82, 2.24) is 0 Å². The third-order valence-electron chi connectivity index (χ3n) is 2.92. The van der Waals surface area contributed by atoms with Crippen LogP contribution in [-0.2, 0) is 19.4 Å². The fourth-order valence-corrected chi connectivity index (χ4v) is 3.90. The van der Waals surface area contributed by atoms with Gasteiger partial charge in [-0.3, -0.25) is 4.79 Å². The van der Waals surface area contributed by atoms with E-state index >= 15 is 0 Å². The highest BCUT2D eigenvalue weighted by Gasteiger charge is 2.45. The van der Waals surface area contributed by atoms with Gasteiger partial charge in [0.25, 0.3) is 0 Å². The van der Waals surface area contributed by atoms with Crippen molar-refractivity contribution >= 4 is 15.8 Å². The highest BCUT2D eigenvalue weighted by molar-refractivity contribution is 7.92. The SMILES string of the molecule is CC(C)(C)OC(=O)CS(=O)(=O)CC1(CCN)CC1. The van der Waals surface area contributed by atoms with Crippen molar-refractivity contribution in [2.75, 3.05) is 18.1 Å². The van der Waals surface area contributed by atoms with Gasteiger partial charge in [-0.15, -0.1) is 0 Å². The topological polar surface area (TPSA) is 86.5 Å². The predicted octanol–water partition coefficient (Wildman–Crippen LogP) is 0.872. The molecule has 0 saturated heterocycles. The molecule has 0 aliphatic heterocycles. The average Bonchev–Trinajstić information content (AvgIpc) is 2.78. The van der Waals surface area contributed by atoms with E-state index in [0.717, 1.165) is 12.8 Å². The second-order valence-corrected chi connectivity index (χ2v) is 8.22. The van der Waals surface area contributed by atoms with E-state index in [1.807, 2.05) is 0 Å². The molecule has 1 fully saturated rings. The molecule has 0 aromatic heterocycles. The predicted molar refractivity (Wildman–Crippen MR) is 69.8 cm³/mol. The summed E-state index contributed by atoms with van der Waals surface area (Å²) < 4.78 is 28.9. The minimum Gasteiger partial charge on any atom is -0.459 e. The number of carbonyl (C=O) groups is 1. The van der Waals surface area contributed by atoms with Crippen molar-refractivity contribution in [2.45, 2.75) is 45.6 Å². The number of rotatable bonds is 6. The molecule has 2 N–H and O–H groups in total. The molecule has 0 spiro atoms. The Morgan fingerprint density at radius 3 is 2.28 bits per heavy atom. The first-order chi connectivity index (χ1) is 8.08. The molecule has 0 amide bonds. The fourth-order valence-electron chi connectivity index (χ4n) is 2.02. The van der Waals surface area contributed by atoms with E-state index in [4.69, 9.17) is 10.5 Å². The van der Waals surface area contributed by atoms with E-state index in [2.05, 4.69) is 0 Å². The maximum atomic E-state index is 11.9. The molecule has 6 heteroatoms. The number of hydrogen-bond acceptors (Lipinski definition) is 5. The van der Waals surface area contributed by atoms with Crippen molar-refractivity contribution in [2.24, 2.45) is 11.1 Å². The highest BCUT2D eigenvalue weighted by Crippen LogP contribution is 2.49. The zero-order valence-corrected chi connectivity index (χ0v) is 12.2. The van der Waals surface area contributed by atoms with Gasteiger partial charge < -0.3 is 10.5 Å². The average molecular weight is 277 g/mol. The van der Waals surface area contributed by atoms with E-state index in [1.54, 1.807) is 20.8 Å². The first-order valence-electron chi connectivity index (χ1n) is 6.20. The summed E-state index contributed by atoms with van der Waals surface area (Å²) in [5, 5.41) is 0. The van der Waals surface area contributed by atoms with Gasteiger partial charge in [0.15, 0.2) is 9.84 Å². The minimum absolute atomic E-state index is 0.0520. The molecule has 0 aromatic rings. The monoisotopic (exact) mass is 277 g/mol. The third-order valence-corrected chi connectivity index (χ3v) is 4.64. The van der Waals surface area contributed by atoms with Gasteiger partial charge in [-0.1, -0.05) is 0 Å². The molecule has 0 heterocycles. The Labute approximate surface area is 109 Å². The Bertz CT molecular complexity index is 404. The summed E-state index contributed by atoms with van der Waals surface area (Å²) in [5.74, 6) is -1.15. The number of sulfone groups is 1. The smallest absolute Gasteiger partial charge is 0.321 e. The van der Waals surface area contributed by atoms with E-state index in [1.165, 1.54) is 0 Å². The van der Waals surface area contributed by atoms with Crippen LogP contribution < -0.4 is 5.73 Å². The van der Waals surface area contributed by atoms with Crippen molar-refractivity contribution in [3.05, 3.63) is 0 Å². The Morgan fingerprint density at radius 1 is 1.33 bits per heavy atom. The summed E-state index contributed by atoms with van der Waals surface area (Å²) in [4.78, 5) is 11.5. The normalized spacial score (nSPS) is 18.4. The summed E-state index contributed by atoms with van der Waals surface area (Å²) in [6.45, 7) is 5.64. The lowest BCUT2D eigenvalue weighted by Crippen LogP contribution is -2.31. The van der Waals surface area contributed by atoms with Crippen LogP contribution in [0.1, 0.15) is 40.0 Å². The maximum absolute atomic E-state index is 11.9. The van der Waals surface area contributed by atoms with Gasteiger partial charge in [-0.25, -0.2) is 8.42 Å². The van der Waals surface area contributed by atoms with Gasteiger partial charge in [-0.05, 0) is 52.0 Å². The fraction of sp³-hybridized carbons (Fsp3) is 0.917. The Hall–Kier alpha value is -0.620. The summed E-state index contributed by atoms with van der Waals surface area (Å²) in [6, 6.07) is 0. The largest absolute Gasteiger partial charge is 0.459 e. The molecule has 0 radical (unpaired) electrons. The van der Waals surface area contributed by atoms with Gasteiger partial charge in [0.1, 0.15) is 11.4 Å². The molecular weight excluding hydrogens is 254 g/mol. The van der Waals surface area contributed by atoms with Crippen LogP contribution in [-0.4, -0.2) is 38.0 Å². The molecule has 0 atom stereocenters. The molecular formula is C12H23NO4S. The van der Waals surface area contributed by atoms with Crippen molar-refractivity contribution in [3.63, 3.8) is 0 Å². The molecule has 0 bridgehead atoms. The highest BCUT2D eigenvalue weighted by atomic mass is 32.2. The number of ether oxygens (including phenoxy) is 1. The van der Waals surface area contributed by atoms with Crippen LogP contribution in [0.4, 0.5) is 0 Å². The Morgan fingerprint density at radius 2 is 1.89 bits per heavy atom. The van der Waals surface area contributed by atoms with Gasteiger partial charge in [-0.2, -0.15) is 0 Å². The van der Waals surface area contributed by atoms with Crippen molar-refractivity contribution in [3.8, 4) is 0 Å². The summed E-state index contributed by atoms with van der Waals surface area (Å²) in [7, 11) is -3.40. The van der Waals surface area contributed by atoms with Gasteiger partial charge in [0.2, 0.25) is 0 Å². The van der Waals surface area contributed by atoms with E-state index in [0.29, 0.717) is 13.0 Å². The van der Waals surface area contributed by atoms with Crippen LogP contribution in [0.15, 0.2) is 0 Å². The summed E-state index contributed by atoms with van der Waals surface area (Å²) in [5.41, 5.74) is 4.65. The summed E-state index contributed by atoms with van der Waals surface area (Å²) >= 11 is 0. The van der Waals surface area contributed by atoms with Crippen LogP contribution in [0.25, 0.3) is 0 Å².